The number of hydrogen-bond donors (Lipinski definition) is 3. The summed E-state index contributed by atoms with van der Waals surface area (Å²) < 4.78 is 7.41. The highest BCUT2D eigenvalue weighted by Crippen LogP contribution is 2.39. The Hall–Kier alpha value is -1.86. The Kier molecular flexibility index (Phi) is 6.25. The number of halogens is 2. The molecule has 1 saturated heterocycles. The zero-order valence-electron chi connectivity index (χ0n) is 15.9. The van der Waals surface area contributed by atoms with E-state index in [1.165, 1.54) is 0 Å². The third-order valence-electron chi connectivity index (χ3n) is 5.27. The maximum Gasteiger partial charge on any atom is 0.120 e. The molecule has 0 radical (unpaired) electrons. The van der Waals surface area contributed by atoms with Gasteiger partial charge in [-0.1, -0.05) is 56.1 Å². The largest absolute Gasteiger partial charge is 0.508 e. The molecule has 3 N–H and O–H groups in total. The lowest BCUT2D eigenvalue weighted by atomic mass is 9.90. The molecular formula is C23H22Br2N2O2. The molecule has 3 aromatic carbocycles. The SMILES string of the molecule is COc1cccc([C@@H]2C[C@@H](c3cc(Br)ccc3O)N[C@@H](c3ccc(Br)cc3)N2)c1. The summed E-state index contributed by atoms with van der Waals surface area (Å²) in [5.41, 5.74) is 3.18. The second-order valence-corrected chi connectivity index (χ2v) is 8.97. The van der Waals surface area contributed by atoms with E-state index in [1.807, 2.05) is 36.4 Å². The smallest absolute Gasteiger partial charge is 0.120 e. The van der Waals surface area contributed by atoms with E-state index in [4.69, 9.17) is 4.74 Å². The lowest BCUT2D eigenvalue weighted by Crippen LogP contribution is -2.45. The lowest BCUT2D eigenvalue weighted by molar-refractivity contribution is 0.244. The van der Waals surface area contributed by atoms with Crippen molar-refractivity contribution in [3.8, 4) is 11.5 Å². The van der Waals surface area contributed by atoms with Gasteiger partial charge < -0.3 is 9.84 Å². The third kappa shape index (κ3) is 4.67. The van der Waals surface area contributed by atoms with Crippen LogP contribution in [0.15, 0.2) is 75.7 Å². The molecule has 0 unspecified atom stereocenters. The van der Waals surface area contributed by atoms with Crippen molar-refractivity contribution in [3.05, 3.63) is 92.4 Å². The molecule has 1 aliphatic rings. The molecule has 3 atom stereocenters. The minimum atomic E-state index is -0.0589. The first-order valence-corrected chi connectivity index (χ1v) is 11.0. The molecule has 1 aliphatic heterocycles. The van der Waals surface area contributed by atoms with Crippen LogP contribution < -0.4 is 15.4 Å². The fourth-order valence-electron chi connectivity index (χ4n) is 3.78. The quantitative estimate of drug-likeness (QED) is 0.398. The van der Waals surface area contributed by atoms with Crippen LogP contribution in [0.25, 0.3) is 0 Å². The van der Waals surface area contributed by atoms with Crippen molar-refractivity contribution in [2.75, 3.05) is 7.11 Å². The predicted molar refractivity (Wildman–Crippen MR) is 122 cm³/mol. The molecule has 29 heavy (non-hydrogen) atoms. The van der Waals surface area contributed by atoms with Crippen LogP contribution in [0.5, 0.6) is 11.5 Å². The Morgan fingerprint density at radius 2 is 1.59 bits per heavy atom. The molecule has 0 amide bonds. The molecule has 3 aromatic rings. The van der Waals surface area contributed by atoms with E-state index in [0.29, 0.717) is 5.75 Å². The molecule has 150 valence electrons. The van der Waals surface area contributed by atoms with E-state index in [2.05, 4.69) is 66.8 Å². The van der Waals surface area contributed by atoms with E-state index in [0.717, 1.165) is 37.8 Å². The van der Waals surface area contributed by atoms with Crippen LogP contribution in [0, 0.1) is 0 Å². The van der Waals surface area contributed by atoms with Gasteiger partial charge in [0.2, 0.25) is 0 Å². The molecule has 1 fully saturated rings. The topological polar surface area (TPSA) is 53.5 Å². The average Bonchev–Trinajstić information content (AvgIpc) is 2.75. The number of phenolic OH excluding ortho intramolecular Hbond substituents is 1. The Morgan fingerprint density at radius 3 is 2.34 bits per heavy atom. The van der Waals surface area contributed by atoms with Gasteiger partial charge in [0.1, 0.15) is 11.5 Å². The summed E-state index contributed by atoms with van der Waals surface area (Å²) in [4.78, 5) is 0. The number of phenols is 1. The molecule has 4 rings (SSSR count). The van der Waals surface area contributed by atoms with Crippen molar-refractivity contribution in [1.29, 1.82) is 0 Å². The Balaban J connectivity index is 1.71. The maximum atomic E-state index is 10.5. The monoisotopic (exact) mass is 516 g/mol. The van der Waals surface area contributed by atoms with Crippen molar-refractivity contribution < 1.29 is 9.84 Å². The van der Waals surface area contributed by atoms with Crippen LogP contribution in [0.3, 0.4) is 0 Å². The summed E-state index contributed by atoms with van der Waals surface area (Å²) in [6, 6.07) is 22.1. The number of aromatic hydroxyl groups is 1. The van der Waals surface area contributed by atoms with Gasteiger partial charge in [0.05, 0.1) is 13.3 Å². The highest BCUT2D eigenvalue weighted by atomic mass is 79.9. The molecule has 1 heterocycles. The molecular weight excluding hydrogens is 496 g/mol. The van der Waals surface area contributed by atoms with Crippen LogP contribution in [-0.2, 0) is 0 Å². The highest BCUT2D eigenvalue weighted by molar-refractivity contribution is 9.10. The lowest BCUT2D eigenvalue weighted by Gasteiger charge is -2.38. The zero-order valence-corrected chi connectivity index (χ0v) is 19.1. The first kappa shape index (κ1) is 20.4. The number of rotatable bonds is 4. The predicted octanol–water partition coefficient (Wildman–Crippen LogP) is 5.99. The van der Waals surface area contributed by atoms with Gasteiger partial charge in [-0.15, -0.1) is 0 Å². The number of ether oxygens (including phenoxy) is 1. The van der Waals surface area contributed by atoms with Gasteiger partial charge in [0, 0.05) is 26.6 Å². The van der Waals surface area contributed by atoms with Crippen molar-refractivity contribution in [3.63, 3.8) is 0 Å². The zero-order chi connectivity index (χ0) is 20.4. The number of methoxy groups -OCH3 is 1. The fourth-order valence-corrected chi connectivity index (χ4v) is 4.42. The molecule has 0 bridgehead atoms. The summed E-state index contributed by atoms with van der Waals surface area (Å²) in [5, 5.41) is 17.9. The van der Waals surface area contributed by atoms with E-state index < -0.39 is 0 Å². The summed E-state index contributed by atoms with van der Waals surface area (Å²) >= 11 is 7.04. The van der Waals surface area contributed by atoms with E-state index in [1.54, 1.807) is 13.2 Å². The van der Waals surface area contributed by atoms with Crippen LogP contribution in [0.2, 0.25) is 0 Å². The van der Waals surface area contributed by atoms with Crippen molar-refractivity contribution in [2.45, 2.75) is 24.7 Å². The van der Waals surface area contributed by atoms with Gasteiger partial charge in [0.25, 0.3) is 0 Å². The fraction of sp³-hybridized carbons (Fsp3) is 0.217. The number of nitrogens with one attached hydrogen (secondary N) is 2. The molecule has 0 aromatic heterocycles. The minimum absolute atomic E-state index is 0.0152. The number of hydrogen-bond acceptors (Lipinski definition) is 4. The molecule has 4 nitrogen and oxygen atoms in total. The Bertz CT molecular complexity index is 994. The van der Waals surface area contributed by atoms with Crippen molar-refractivity contribution in [1.82, 2.24) is 10.6 Å². The second kappa shape index (κ2) is 8.88. The highest BCUT2D eigenvalue weighted by Gasteiger charge is 2.31. The van der Waals surface area contributed by atoms with Crippen molar-refractivity contribution >= 4 is 31.9 Å². The summed E-state index contributed by atoms with van der Waals surface area (Å²) in [6.45, 7) is 0. The standard InChI is InChI=1S/C23H22Br2N2O2/c1-29-18-4-2-3-15(11-18)20-13-21(19-12-17(25)9-10-22(19)28)27-23(26-20)14-5-7-16(24)8-6-14/h2-12,20-21,23,26-28H,13H2,1H3/t20-,21-,23-/m0/s1. The van der Waals surface area contributed by atoms with E-state index in [-0.39, 0.29) is 18.2 Å². The number of benzene rings is 3. The molecule has 0 spiro atoms. The van der Waals surface area contributed by atoms with Crippen LogP contribution in [0.4, 0.5) is 0 Å². The maximum absolute atomic E-state index is 10.5. The Morgan fingerprint density at radius 1 is 0.862 bits per heavy atom. The summed E-state index contributed by atoms with van der Waals surface area (Å²) in [6.07, 6.45) is 0.737. The van der Waals surface area contributed by atoms with Gasteiger partial charge in [0.15, 0.2) is 0 Å². The summed E-state index contributed by atoms with van der Waals surface area (Å²) in [5.74, 6) is 1.14. The van der Waals surface area contributed by atoms with Gasteiger partial charge in [-0.3, -0.25) is 10.6 Å². The van der Waals surface area contributed by atoms with Crippen LogP contribution >= 0.6 is 31.9 Å². The van der Waals surface area contributed by atoms with Gasteiger partial charge >= 0.3 is 0 Å². The first-order chi connectivity index (χ1) is 14.0. The first-order valence-electron chi connectivity index (χ1n) is 9.43. The van der Waals surface area contributed by atoms with Crippen molar-refractivity contribution in [2.24, 2.45) is 0 Å². The van der Waals surface area contributed by atoms with E-state index >= 15 is 0 Å². The second-order valence-electron chi connectivity index (χ2n) is 7.14. The van der Waals surface area contributed by atoms with Crippen LogP contribution in [-0.4, -0.2) is 12.2 Å². The van der Waals surface area contributed by atoms with E-state index in [9.17, 15) is 5.11 Å². The molecule has 0 saturated carbocycles. The van der Waals surface area contributed by atoms with Gasteiger partial charge in [-0.2, -0.15) is 0 Å². The van der Waals surface area contributed by atoms with Crippen LogP contribution in [0.1, 0.15) is 41.4 Å². The molecule has 0 aliphatic carbocycles. The van der Waals surface area contributed by atoms with Gasteiger partial charge in [-0.05, 0) is 60.0 Å². The Labute approximate surface area is 187 Å². The molecule has 6 heteroatoms. The normalized spacial score (nSPS) is 21.7. The minimum Gasteiger partial charge on any atom is -0.508 e. The summed E-state index contributed by atoms with van der Waals surface area (Å²) in [7, 11) is 1.68. The van der Waals surface area contributed by atoms with Gasteiger partial charge in [-0.25, -0.2) is 0 Å². The third-order valence-corrected chi connectivity index (χ3v) is 6.29. The average molecular weight is 518 g/mol.